The number of ether oxygens (including phenoxy) is 2. The molecule has 0 fully saturated rings. The summed E-state index contributed by atoms with van der Waals surface area (Å²) in [6, 6.07) is 5.14. The number of benzene rings is 2. The van der Waals surface area contributed by atoms with E-state index in [1.54, 1.807) is 6.92 Å². The van der Waals surface area contributed by atoms with Gasteiger partial charge in [-0.3, -0.25) is 5.21 Å². The second-order valence-corrected chi connectivity index (χ2v) is 9.48. The van der Waals surface area contributed by atoms with Crippen LogP contribution < -0.4 is 19.9 Å². The number of sulfone groups is 1. The monoisotopic (exact) mass is 512 g/mol. The molecule has 34 heavy (non-hydrogen) atoms. The second-order valence-electron chi connectivity index (χ2n) is 7.30. The van der Waals surface area contributed by atoms with Crippen LogP contribution in [0, 0.1) is 0 Å². The number of hydrogen-bond donors (Lipinski definition) is 2. The number of nitrogens with zero attached hydrogens (tertiary/aromatic N) is 1. The van der Waals surface area contributed by atoms with E-state index >= 15 is 0 Å². The second kappa shape index (κ2) is 11.1. The van der Waals surface area contributed by atoms with Gasteiger partial charge in [0.05, 0.1) is 49.0 Å². The molecular formula is C21H25F5N2O5S. The number of rotatable bonds is 11. The fraction of sp³-hybridized carbons (Fsp3) is 0.429. The normalized spacial score (nSPS) is 13.0. The van der Waals surface area contributed by atoms with Gasteiger partial charge in [0.25, 0.3) is 6.43 Å². The molecule has 0 heterocycles. The summed E-state index contributed by atoms with van der Waals surface area (Å²) in [5, 5.41) is 13.6. The molecule has 13 heteroatoms. The molecule has 1 atom stereocenters. The summed E-state index contributed by atoms with van der Waals surface area (Å²) in [5.41, 5.74) is -1.67. The molecule has 0 aliphatic heterocycles. The van der Waals surface area contributed by atoms with Crippen molar-refractivity contribution in [3.05, 3.63) is 47.5 Å². The minimum Gasteiger partial charge on any atom is -0.493 e. The molecule has 2 aromatic rings. The topological polar surface area (TPSA) is 88.1 Å². The van der Waals surface area contributed by atoms with Crippen molar-refractivity contribution in [1.82, 2.24) is 0 Å². The van der Waals surface area contributed by atoms with Gasteiger partial charge in [0.2, 0.25) is 0 Å². The maximum absolute atomic E-state index is 13.2. The zero-order valence-corrected chi connectivity index (χ0v) is 19.4. The summed E-state index contributed by atoms with van der Waals surface area (Å²) in [6.45, 7) is 0.970. The lowest BCUT2D eigenvalue weighted by molar-refractivity contribution is -0.137. The third-order valence-electron chi connectivity index (χ3n) is 4.65. The lowest BCUT2D eigenvalue weighted by Gasteiger charge is -2.30. The van der Waals surface area contributed by atoms with Crippen LogP contribution in [0.15, 0.2) is 36.4 Å². The average molecular weight is 512 g/mol. The number of methoxy groups -OCH3 is 1. The molecule has 0 amide bonds. The van der Waals surface area contributed by atoms with Crippen molar-refractivity contribution >= 4 is 21.2 Å². The molecular weight excluding hydrogens is 487 g/mol. The fourth-order valence-corrected chi connectivity index (χ4v) is 4.08. The average Bonchev–Trinajstić information content (AvgIpc) is 2.74. The number of hydrogen-bond acceptors (Lipinski definition) is 7. The summed E-state index contributed by atoms with van der Waals surface area (Å²) in [4.78, 5) is 0. The van der Waals surface area contributed by atoms with Gasteiger partial charge < -0.3 is 14.8 Å². The lowest BCUT2D eigenvalue weighted by atomic mass is 10.1. The van der Waals surface area contributed by atoms with Crippen LogP contribution in [0.1, 0.15) is 24.1 Å². The third kappa shape index (κ3) is 7.35. The molecule has 0 spiro atoms. The molecule has 0 saturated heterocycles. The quantitative estimate of drug-likeness (QED) is 0.331. The number of alkyl halides is 5. The van der Waals surface area contributed by atoms with Crippen molar-refractivity contribution in [1.29, 1.82) is 0 Å². The zero-order valence-electron chi connectivity index (χ0n) is 18.6. The highest BCUT2D eigenvalue weighted by Crippen LogP contribution is 2.39. The van der Waals surface area contributed by atoms with Crippen LogP contribution in [0.3, 0.4) is 0 Å². The lowest BCUT2D eigenvalue weighted by Crippen LogP contribution is -2.31. The minimum absolute atomic E-state index is 0.233. The number of hydroxylamine groups is 1. The first-order valence-corrected chi connectivity index (χ1v) is 12.0. The van der Waals surface area contributed by atoms with Crippen LogP contribution in [0.5, 0.6) is 11.5 Å². The molecule has 0 aromatic heterocycles. The predicted octanol–water partition coefficient (Wildman–Crippen LogP) is 4.77. The highest BCUT2D eigenvalue weighted by Gasteiger charge is 2.33. The Hall–Kier alpha value is -2.80. The number of anilines is 2. The molecule has 0 saturated carbocycles. The van der Waals surface area contributed by atoms with Crippen LogP contribution in [-0.4, -0.2) is 52.3 Å². The molecule has 7 nitrogen and oxygen atoms in total. The van der Waals surface area contributed by atoms with Gasteiger partial charge in [0, 0.05) is 6.26 Å². The van der Waals surface area contributed by atoms with Crippen molar-refractivity contribution in [2.75, 3.05) is 42.7 Å². The molecule has 2 N–H and O–H groups in total. The van der Waals surface area contributed by atoms with Crippen LogP contribution >= 0.6 is 0 Å². The van der Waals surface area contributed by atoms with Gasteiger partial charge >= 0.3 is 6.18 Å². The van der Waals surface area contributed by atoms with Gasteiger partial charge in [-0.25, -0.2) is 22.3 Å². The van der Waals surface area contributed by atoms with Gasteiger partial charge in [-0.15, -0.1) is 0 Å². The van der Waals surface area contributed by atoms with Crippen LogP contribution in [-0.2, 0) is 16.0 Å². The Labute approximate surface area is 194 Å². The maximum atomic E-state index is 13.2. The summed E-state index contributed by atoms with van der Waals surface area (Å²) in [5.74, 6) is -0.0589. The Morgan fingerprint density at radius 3 is 2.32 bits per heavy atom. The van der Waals surface area contributed by atoms with Crippen molar-refractivity contribution < 1.29 is 45.1 Å². The first kappa shape index (κ1) is 27.4. The molecule has 0 aliphatic rings. The Bertz CT molecular complexity index is 1080. The van der Waals surface area contributed by atoms with Crippen molar-refractivity contribution in [2.45, 2.75) is 25.6 Å². The number of halogens is 5. The van der Waals surface area contributed by atoms with E-state index in [4.69, 9.17) is 9.47 Å². The molecule has 2 aromatic carbocycles. The molecule has 0 radical (unpaired) electrons. The van der Waals surface area contributed by atoms with Gasteiger partial charge in [0.1, 0.15) is 9.84 Å². The Morgan fingerprint density at radius 2 is 1.79 bits per heavy atom. The Balaban J connectivity index is 2.61. The highest BCUT2D eigenvalue weighted by atomic mass is 32.2. The van der Waals surface area contributed by atoms with Gasteiger partial charge in [-0.2, -0.15) is 13.2 Å². The van der Waals surface area contributed by atoms with Crippen molar-refractivity contribution in [2.24, 2.45) is 0 Å². The minimum atomic E-state index is -4.77. The van der Waals surface area contributed by atoms with Crippen LogP contribution in [0.25, 0.3) is 0 Å². The largest absolute Gasteiger partial charge is 0.493 e. The Morgan fingerprint density at radius 1 is 1.12 bits per heavy atom. The summed E-state index contributed by atoms with van der Waals surface area (Å²) in [6.07, 6.45) is -6.74. The van der Waals surface area contributed by atoms with Crippen molar-refractivity contribution in [3.8, 4) is 11.5 Å². The third-order valence-corrected chi connectivity index (χ3v) is 5.57. The summed E-state index contributed by atoms with van der Waals surface area (Å²) in [7, 11) is -2.33. The Kier molecular flexibility index (Phi) is 8.95. The van der Waals surface area contributed by atoms with Crippen LogP contribution in [0.4, 0.5) is 33.3 Å². The van der Waals surface area contributed by atoms with Crippen LogP contribution in [0.2, 0.25) is 0 Å². The molecule has 0 aliphatic carbocycles. The molecule has 0 bridgehead atoms. The van der Waals surface area contributed by atoms with E-state index in [-0.39, 0.29) is 23.6 Å². The standard InChI is InChI=1S/C21H25F5N2O5S/c1-4-33-19-9-13(5-8-18(19)32-2)17(12-34(3,30)31)28(29)16-7-6-14(21(24,25)26)10-15(16)27-11-20(22)23/h5-10,17,20,27,29H,4,11-12H2,1-3H3/t17-/m0/s1. The van der Waals surface area contributed by atoms with E-state index in [1.807, 2.05) is 0 Å². The fourth-order valence-electron chi connectivity index (χ4n) is 3.17. The van der Waals surface area contributed by atoms with E-state index in [0.29, 0.717) is 22.9 Å². The smallest absolute Gasteiger partial charge is 0.416 e. The SMILES string of the molecule is CCOc1cc([C@H](CS(C)(=O)=O)N(O)c2ccc(C(F)(F)F)cc2NCC(F)F)ccc1OC. The van der Waals surface area contributed by atoms with Gasteiger partial charge in [-0.05, 0) is 42.8 Å². The predicted molar refractivity (Wildman–Crippen MR) is 117 cm³/mol. The molecule has 190 valence electrons. The summed E-state index contributed by atoms with van der Waals surface area (Å²) >= 11 is 0. The maximum Gasteiger partial charge on any atom is 0.416 e. The van der Waals surface area contributed by atoms with Gasteiger partial charge in [0.15, 0.2) is 11.5 Å². The first-order chi connectivity index (χ1) is 15.8. The van der Waals surface area contributed by atoms with E-state index in [9.17, 15) is 35.6 Å². The summed E-state index contributed by atoms with van der Waals surface area (Å²) < 4.78 is 99.9. The number of nitrogens with one attached hydrogen (secondary N) is 1. The molecule has 2 rings (SSSR count). The van der Waals surface area contributed by atoms with E-state index in [1.165, 1.54) is 25.3 Å². The first-order valence-electron chi connectivity index (χ1n) is 9.96. The highest BCUT2D eigenvalue weighted by molar-refractivity contribution is 7.90. The van der Waals surface area contributed by atoms with Crippen molar-refractivity contribution in [3.63, 3.8) is 0 Å². The zero-order chi connectivity index (χ0) is 25.7. The van der Waals surface area contributed by atoms with E-state index in [2.05, 4.69) is 5.32 Å². The molecule has 0 unspecified atom stereocenters. The van der Waals surface area contributed by atoms with E-state index in [0.717, 1.165) is 12.3 Å². The van der Waals surface area contributed by atoms with E-state index < -0.39 is 52.0 Å². The van der Waals surface area contributed by atoms with Gasteiger partial charge in [-0.1, -0.05) is 6.07 Å².